The third kappa shape index (κ3) is 2.82. The van der Waals surface area contributed by atoms with Crippen molar-refractivity contribution in [2.75, 3.05) is 0 Å². The molecule has 0 bridgehead atoms. The first kappa shape index (κ1) is 20.7. The number of nitrogens with zero attached hydrogens (tertiary/aromatic N) is 3. The van der Waals surface area contributed by atoms with E-state index in [4.69, 9.17) is 9.97 Å². The largest absolute Gasteiger partial charge is 0.308 e. The summed E-state index contributed by atoms with van der Waals surface area (Å²) in [5, 5.41) is 8.69. The van der Waals surface area contributed by atoms with Crippen LogP contribution in [0.25, 0.3) is 82.4 Å². The van der Waals surface area contributed by atoms with Crippen molar-refractivity contribution in [2.45, 2.75) is 0 Å². The minimum Gasteiger partial charge on any atom is -0.308 e. The summed E-state index contributed by atoms with van der Waals surface area (Å²) in [7, 11) is 0. The maximum Gasteiger partial charge on any atom is 0.160 e. The number of aromatic nitrogens is 3. The van der Waals surface area contributed by atoms with Gasteiger partial charge in [-0.25, -0.2) is 9.97 Å². The predicted octanol–water partition coefficient (Wildman–Crippen LogP) is 9.27. The van der Waals surface area contributed by atoms with Crippen LogP contribution in [-0.2, 0) is 0 Å². The summed E-state index contributed by atoms with van der Waals surface area (Å²) in [4.78, 5) is 10.2. The Morgan fingerprint density at radius 2 is 1.23 bits per heavy atom. The molecule has 0 unspecified atom stereocenters. The molecule has 0 N–H and O–H groups in total. The van der Waals surface area contributed by atoms with Gasteiger partial charge in [-0.3, -0.25) is 0 Å². The standard InChI is InChI=1S/C36H21N3/c1-2-9-23(10-3-1)34-28-13-4-6-15-30(28)37-36(38-34)24-18-20-32-29(21-24)27-19-17-22-11-8-14-26-25-12-5-7-16-31(25)39(32)35(27)33(22)26/h1-21H. The van der Waals surface area contributed by atoms with Crippen molar-refractivity contribution >= 4 is 59.8 Å². The van der Waals surface area contributed by atoms with Crippen LogP contribution in [0.15, 0.2) is 127 Å². The van der Waals surface area contributed by atoms with E-state index < -0.39 is 0 Å². The van der Waals surface area contributed by atoms with Crippen LogP contribution in [-0.4, -0.2) is 14.4 Å². The number of benzene rings is 6. The molecule has 6 aromatic carbocycles. The molecule has 9 aromatic rings. The summed E-state index contributed by atoms with van der Waals surface area (Å²) < 4.78 is 2.44. The Morgan fingerprint density at radius 1 is 0.462 bits per heavy atom. The lowest BCUT2D eigenvalue weighted by atomic mass is 9.98. The highest BCUT2D eigenvalue weighted by atomic mass is 14.9. The molecule has 3 nitrogen and oxygen atoms in total. The van der Waals surface area contributed by atoms with E-state index in [1.807, 2.05) is 12.1 Å². The second kappa shape index (κ2) is 7.62. The second-order valence-corrected chi connectivity index (χ2v) is 10.2. The van der Waals surface area contributed by atoms with E-state index in [-0.39, 0.29) is 0 Å². The maximum absolute atomic E-state index is 5.13. The molecule has 3 heteroatoms. The van der Waals surface area contributed by atoms with Crippen molar-refractivity contribution in [1.29, 1.82) is 0 Å². The molecule has 0 spiro atoms. The summed E-state index contributed by atoms with van der Waals surface area (Å²) in [6, 6.07) is 45.2. The van der Waals surface area contributed by atoms with Crippen LogP contribution >= 0.6 is 0 Å². The molecule has 0 saturated carbocycles. The molecule has 39 heavy (non-hydrogen) atoms. The number of hydrogen-bond acceptors (Lipinski definition) is 2. The molecule has 3 heterocycles. The first-order chi connectivity index (χ1) is 19.3. The Kier molecular flexibility index (Phi) is 4.05. The topological polar surface area (TPSA) is 30.2 Å². The van der Waals surface area contributed by atoms with E-state index in [1.165, 1.54) is 48.9 Å². The van der Waals surface area contributed by atoms with Gasteiger partial charge in [-0.15, -0.1) is 0 Å². The third-order valence-electron chi connectivity index (χ3n) is 8.11. The van der Waals surface area contributed by atoms with Gasteiger partial charge in [-0.1, -0.05) is 97.1 Å². The average molecular weight is 496 g/mol. The smallest absolute Gasteiger partial charge is 0.160 e. The van der Waals surface area contributed by atoms with Crippen LogP contribution < -0.4 is 0 Å². The van der Waals surface area contributed by atoms with Crippen LogP contribution in [0.3, 0.4) is 0 Å². The lowest BCUT2D eigenvalue weighted by molar-refractivity contribution is 1.23. The van der Waals surface area contributed by atoms with E-state index in [0.717, 1.165) is 33.5 Å². The zero-order chi connectivity index (χ0) is 25.5. The highest BCUT2D eigenvalue weighted by molar-refractivity contribution is 6.28. The molecule has 9 rings (SSSR count). The van der Waals surface area contributed by atoms with E-state index in [1.54, 1.807) is 0 Å². The fraction of sp³-hybridized carbons (Fsp3) is 0. The highest BCUT2D eigenvalue weighted by Gasteiger charge is 2.19. The van der Waals surface area contributed by atoms with Crippen LogP contribution in [0.5, 0.6) is 0 Å². The zero-order valence-corrected chi connectivity index (χ0v) is 21.0. The second-order valence-electron chi connectivity index (χ2n) is 10.2. The summed E-state index contributed by atoms with van der Waals surface area (Å²) in [6.45, 7) is 0. The summed E-state index contributed by atoms with van der Waals surface area (Å²) in [5.74, 6) is 0.743. The number of para-hydroxylation sites is 2. The highest BCUT2D eigenvalue weighted by Crippen LogP contribution is 2.42. The Balaban J connectivity index is 1.39. The van der Waals surface area contributed by atoms with Gasteiger partial charge in [0.15, 0.2) is 5.82 Å². The number of pyridine rings is 1. The van der Waals surface area contributed by atoms with E-state index >= 15 is 0 Å². The van der Waals surface area contributed by atoms with Crippen LogP contribution in [0.1, 0.15) is 0 Å². The molecule has 0 aliphatic carbocycles. The van der Waals surface area contributed by atoms with Crippen molar-refractivity contribution in [3.05, 3.63) is 127 Å². The van der Waals surface area contributed by atoms with Gasteiger partial charge in [0, 0.05) is 38.1 Å². The number of rotatable bonds is 2. The summed E-state index contributed by atoms with van der Waals surface area (Å²) >= 11 is 0. The van der Waals surface area contributed by atoms with Gasteiger partial charge < -0.3 is 4.40 Å². The molecule has 180 valence electrons. The van der Waals surface area contributed by atoms with Gasteiger partial charge >= 0.3 is 0 Å². The SMILES string of the molecule is c1ccc(-c2nc(-c3ccc4c(c3)c3ccc5cccc6c7ccccc7n4c3c56)nc3ccccc23)cc1. The summed E-state index contributed by atoms with van der Waals surface area (Å²) in [6.07, 6.45) is 0. The first-order valence-corrected chi connectivity index (χ1v) is 13.3. The Hall–Kier alpha value is -5.28. The van der Waals surface area contributed by atoms with Gasteiger partial charge in [0.2, 0.25) is 0 Å². The molecule has 0 aliphatic heterocycles. The Bertz CT molecular complexity index is 2370. The van der Waals surface area contributed by atoms with Gasteiger partial charge in [0.25, 0.3) is 0 Å². The van der Waals surface area contributed by atoms with Gasteiger partial charge in [-0.2, -0.15) is 0 Å². The minimum atomic E-state index is 0.743. The van der Waals surface area contributed by atoms with Crippen molar-refractivity contribution < 1.29 is 0 Å². The summed E-state index contributed by atoms with van der Waals surface area (Å²) in [5.41, 5.74) is 7.73. The quantitative estimate of drug-likeness (QED) is 0.177. The average Bonchev–Trinajstić information content (AvgIpc) is 3.35. The van der Waals surface area contributed by atoms with Crippen LogP contribution in [0, 0.1) is 0 Å². The normalized spacial score (nSPS) is 12.1. The van der Waals surface area contributed by atoms with Crippen molar-refractivity contribution in [3.8, 4) is 22.6 Å². The Morgan fingerprint density at radius 3 is 2.15 bits per heavy atom. The van der Waals surface area contributed by atoms with Crippen molar-refractivity contribution in [1.82, 2.24) is 14.4 Å². The molecule has 0 amide bonds. The van der Waals surface area contributed by atoms with E-state index in [9.17, 15) is 0 Å². The van der Waals surface area contributed by atoms with E-state index in [2.05, 4.69) is 120 Å². The molecule has 0 aliphatic rings. The Labute approximate surface area is 223 Å². The molecular formula is C36H21N3. The van der Waals surface area contributed by atoms with Crippen LogP contribution in [0.2, 0.25) is 0 Å². The molecule has 0 atom stereocenters. The molecule has 0 saturated heterocycles. The van der Waals surface area contributed by atoms with Gasteiger partial charge in [-0.05, 0) is 41.1 Å². The molecule has 0 radical (unpaired) electrons. The fourth-order valence-electron chi connectivity index (χ4n) is 6.41. The van der Waals surface area contributed by atoms with Gasteiger partial charge in [0.1, 0.15) is 0 Å². The first-order valence-electron chi connectivity index (χ1n) is 13.3. The maximum atomic E-state index is 5.13. The molecule has 0 fully saturated rings. The van der Waals surface area contributed by atoms with E-state index in [0.29, 0.717) is 0 Å². The number of fused-ring (bicyclic) bond motifs is 7. The lowest BCUT2D eigenvalue weighted by Gasteiger charge is -2.12. The van der Waals surface area contributed by atoms with Crippen LogP contribution in [0.4, 0.5) is 0 Å². The van der Waals surface area contributed by atoms with Crippen molar-refractivity contribution in [2.24, 2.45) is 0 Å². The van der Waals surface area contributed by atoms with Crippen molar-refractivity contribution in [3.63, 3.8) is 0 Å². The third-order valence-corrected chi connectivity index (χ3v) is 8.11. The molecule has 3 aromatic heterocycles. The number of hydrogen-bond donors (Lipinski definition) is 0. The van der Waals surface area contributed by atoms with Gasteiger partial charge in [0.05, 0.1) is 27.8 Å². The minimum absolute atomic E-state index is 0.743. The zero-order valence-electron chi connectivity index (χ0n) is 21.0. The fourth-order valence-corrected chi connectivity index (χ4v) is 6.41. The molecular weight excluding hydrogens is 474 g/mol. The monoisotopic (exact) mass is 495 g/mol. The predicted molar refractivity (Wildman–Crippen MR) is 163 cm³/mol. The lowest BCUT2D eigenvalue weighted by Crippen LogP contribution is -1.95.